The first kappa shape index (κ1) is 15.2. The lowest BCUT2D eigenvalue weighted by molar-refractivity contribution is -0.384. The van der Waals surface area contributed by atoms with Crippen LogP contribution in [0.25, 0.3) is 0 Å². The van der Waals surface area contributed by atoms with Crippen LogP contribution in [0.3, 0.4) is 0 Å². The number of carbonyl (C=O) groups excluding carboxylic acids is 1. The average Bonchev–Trinajstić information content (AvgIpc) is 3.22. The van der Waals surface area contributed by atoms with Gasteiger partial charge in [-0.25, -0.2) is 0 Å². The van der Waals surface area contributed by atoms with Gasteiger partial charge >= 0.3 is 5.97 Å². The fraction of sp³-hybridized carbons (Fsp3) is 0.375. The van der Waals surface area contributed by atoms with E-state index in [4.69, 9.17) is 4.74 Å². The lowest BCUT2D eigenvalue weighted by Gasteiger charge is -2.13. The van der Waals surface area contributed by atoms with Crippen LogP contribution in [0.4, 0.5) is 5.69 Å². The molecule has 0 radical (unpaired) electrons. The quantitative estimate of drug-likeness (QED) is 0.481. The summed E-state index contributed by atoms with van der Waals surface area (Å²) in [5.41, 5.74) is 1.81. The summed E-state index contributed by atoms with van der Waals surface area (Å²) in [5, 5.41) is 14.8. The molecule has 7 nitrogen and oxygen atoms in total. The SMILES string of the molecule is C[C@H](OC(=O)[C@H]1C[C@H]1c1cnn(C)c1)c1ccc([N+](=O)[O-])cc1. The van der Waals surface area contributed by atoms with E-state index in [-0.39, 0.29) is 23.5 Å². The maximum atomic E-state index is 12.2. The Hall–Kier alpha value is -2.70. The molecule has 3 atom stereocenters. The van der Waals surface area contributed by atoms with Crippen molar-refractivity contribution < 1.29 is 14.5 Å². The average molecular weight is 315 g/mol. The summed E-state index contributed by atoms with van der Waals surface area (Å²) in [6.45, 7) is 1.76. The minimum Gasteiger partial charge on any atom is -0.458 e. The number of aromatic nitrogens is 2. The van der Waals surface area contributed by atoms with Crippen molar-refractivity contribution in [2.45, 2.75) is 25.4 Å². The van der Waals surface area contributed by atoms with Gasteiger partial charge < -0.3 is 4.74 Å². The molecule has 0 aliphatic heterocycles. The highest BCUT2D eigenvalue weighted by Crippen LogP contribution is 2.48. The molecule has 1 heterocycles. The minimum absolute atomic E-state index is 0.0195. The zero-order valence-electron chi connectivity index (χ0n) is 12.9. The van der Waals surface area contributed by atoms with Gasteiger partial charge in [0.15, 0.2) is 0 Å². The van der Waals surface area contributed by atoms with E-state index in [9.17, 15) is 14.9 Å². The molecule has 120 valence electrons. The largest absolute Gasteiger partial charge is 0.458 e. The molecule has 1 aromatic carbocycles. The highest BCUT2D eigenvalue weighted by molar-refractivity contribution is 5.77. The summed E-state index contributed by atoms with van der Waals surface area (Å²) < 4.78 is 7.20. The number of hydrogen-bond donors (Lipinski definition) is 0. The standard InChI is InChI=1S/C16H17N3O4/c1-10(11-3-5-13(6-4-11)19(21)22)23-16(20)15-7-14(15)12-8-17-18(2)9-12/h3-6,8-10,14-15H,7H2,1-2H3/t10-,14-,15-/m0/s1. The monoisotopic (exact) mass is 315 g/mol. The second kappa shape index (κ2) is 5.83. The highest BCUT2D eigenvalue weighted by Gasteiger charge is 2.46. The van der Waals surface area contributed by atoms with E-state index < -0.39 is 11.0 Å². The van der Waals surface area contributed by atoms with Crippen molar-refractivity contribution in [3.05, 3.63) is 57.9 Å². The van der Waals surface area contributed by atoms with Gasteiger partial charge in [-0.15, -0.1) is 0 Å². The van der Waals surface area contributed by atoms with Gasteiger partial charge in [0.05, 0.1) is 17.0 Å². The van der Waals surface area contributed by atoms with Crippen LogP contribution in [-0.2, 0) is 16.6 Å². The summed E-state index contributed by atoms with van der Waals surface area (Å²) in [6, 6.07) is 6.05. The van der Waals surface area contributed by atoms with Gasteiger partial charge in [0.25, 0.3) is 5.69 Å². The molecule has 1 saturated carbocycles. The van der Waals surface area contributed by atoms with Crippen molar-refractivity contribution in [3.63, 3.8) is 0 Å². The fourth-order valence-electron chi connectivity index (χ4n) is 2.65. The summed E-state index contributed by atoms with van der Waals surface area (Å²) in [6.07, 6.45) is 4.03. The topological polar surface area (TPSA) is 87.3 Å². The Kier molecular flexibility index (Phi) is 3.85. The van der Waals surface area contributed by atoms with Gasteiger partial charge in [-0.05, 0) is 36.6 Å². The van der Waals surface area contributed by atoms with Crippen LogP contribution < -0.4 is 0 Å². The van der Waals surface area contributed by atoms with Crippen LogP contribution in [0.15, 0.2) is 36.7 Å². The van der Waals surface area contributed by atoms with Gasteiger partial charge in [-0.3, -0.25) is 19.6 Å². The summed E-state index contributed by atoms with van der Waals surface area (Å²) in [5.74, 6) is -0.176. The first-order valence-electron chi connectivity index (χ1n) is 7.39. The number of esters is 1. The number of ether oxygens (including phenoxy) is 1. The number of carbonyl (C=O) groups is 1. The van der Waals surface area contributed by atoms with Crippen molar-refractivity contribution in [2.75, 3.05) is 0 Å². The Balaban J connectivity index is 1.59. The molecule has 0 bridgehead atoms. The van der Waals surface area contributed by atoms with Crippen LogP contribution in [0, 0.1) is 16.0 Å². The lowest BCUT2D eigenvalue weighted by Crippen LogP contribution is -2.11. The first-order chi connectivity index (χ1) is 11.0. The van der Waals surface area contributed by atoms with Crippen LogP contribution in [-0.4, -0.2) is 20.7 Å². The van der Waals surface area contributed by atoms with Crippen LogP contribution in [0.1, 0.15) is 36.5 Å². The van der Waals surface area contributed by atoms with Crippen molar-refractivity contribution in [3.8, 4) is 0 Å². The minimum atomic E-state index is -0.455. The molecular formula is C16H17N3O4. The van der Waals surface area contributed by atoms with Crippen LogP contribution in [0.5, 0.6) is 0 Å². The number of aryl methyl sites for hydroxylation is 1. The molecule has 1 aliphatic rings. The van der Waals surface area contributed by atoms with Gasteiger partial charge in [-0.2, -0.15) is 5.10 Å². The summed E-state index contributed by atoms with van der Waals surface area (Å²) >= 11 is 0. The van der Waals surface area contributed by atoms with Gasteiger partial charge in [0, 0.05) is 31.3 Å². The lowest BCUT2D eigenvalue weighted by atomic mass is 10.1. The van der Waals surface area contributed by atoms with Crippen molar-refractivity contribution in [1.82, 2.24) is 9.78 Å². The molecule has 0 N–H and O–H groups in total. The Labute approximate surface area is 133 Å². The number of non-ortho nitro benzene ring substituents is 1. The second-order valence-corrected chi connectivity index (χ2v) is 5.82. The molecule has 2 aromatic rings. The number of hydrogen-bond acceptors (Lipinski definition) is 5. The van der Waals surface area contributed by atoms with E-state index in [0.717, 1.165) is 17.5 Å². The molecular weight excluding hydrogens is 298 g/mol. The van der Waals surface area contributed by atoms with E-state index in [1.54, 1.807) is 29.9 Å². The molecule has 0 amide bonds. The Bertz CT molecular complexity index is 738. The third-order valence-electron chi connectivity index (χ3n) is 4.11. The van der Waals surface area contributed by atoms with Gasteiger partial charge in [-0.1, -0.05) is 0 Å². The van der Waals surface area contributed by atoms with Gasteiger partial charge in [0.2, 0.25) is 0 Å². The van der Waals surface area contributed by atoms with Crippen LogP contribution in [0.2, 0.25) is 0 Å². The molecule has 23 heavy (non-hydrogen) atoms. The highest BCUT2D eigenvalue weighted by atomic mass is 16.6. The molecule has 0 saturated heterocycles. The fourth-order valence-corrected chi connectivity index (χ4v) is 2.65. The predicted molar refractivity (Wildman–Crippen MR) is 81.7 cm³/mol. The van der Waals surface area contributed by atoms with E-state index >= 15 is 0 Å². The number of nitrogens with zero attached hydrogens (tertiary/aromatic N) is 3. The zero-order valence-corrected chi connectivity index (χ0v) is 12.9. The van der Waals surface area contributed by atoms with Gasteiger partial charge in [0.1, 0.15) is 6.10 Å². The van der Waals surface area contributed by atoms with Crippen molar-refractivity contribution >= 4 is 11.7 Å². The number of nitro benzene ring substituents is 1. The van der Waals surface area contributed by atoms with Crippen LogP contribution >= 0.6 is 0 Å². The number of nitro groups is 1. The zero-order chi connectivity index (χ0) is 16.6. The normalized spacial score (nSPS) is 20.8. The Morgan fingerprint density at radius 1 is 1.43 bits per heavy atom. The third-order valence-corrected chi connectivity index (χ3v) is 4.11. The second-order valence-electron chi connectivity index (χ2n) is 5.82. The van der Waals surface area contributed by atoms with E-state index in [2.05, 4.69) is 5.10 Å². The molecule has 7 heteroatoms. The Morgan fingerprint density at radius 3 is 2.70 bits per heavy atom. The maximum Gasteiger partial charge on any atom is 0.310 e. The van der Waals surface area contributed by atoms with E-state index in [1.165, 1.54) is 12.1 Å². The predicted octanol–water partition coefficient (Wildman–Crippen LogP) is 2.74. The smallest absolute Gasteiger partial charge is 0.310 e. The first-order valence-corrected chi connectivity index (χ1v) is 7.39. The molecule has 1 aliphatic carbocycles. The molecule has 0 unspecified atom stereocenters. The summed E-state index contributed by atoms with van der Waals surface area (Å²) in [7, 11) is 1.84. The van der Waals surface area contributed by atoms with Crippen molar-refractivity contribution in [2.24, 2.45) is 13.0 Å². The third kappa shape index (κ3) is 3.23. The number of rotatable bonds is 5. The molecule has 1 fully saturated rings. The van der Waals surface area contributed by atoms with E-state index in [1.807, 2.05) is 13.2 Å². The molecule has 0 spiro atoms. The van der Waals surface area contributed by atoms with Crippen molar-refractivity contribution in [1.29, 1.82) is 0 Å². The summed E-state index contributed by atoms with van der Waals surface area (Å²) in [4.78, 5) is 22.4. The number of benzene rings is 1. The van der Waals surface area contributed by atoms with E-state index in [0.29, 0.717) is 0 Å². The Morgan fingerprint density at radius 2 is 2.13 bits per heavy atom. The molecule has 3 rings (SSSR count). The molecule has 1 aromatic heterocycles. The maximum absolute atomic E-state index is 12.2.